The van der Waals surface area contributed by atoms with E-state index in [-0.39, 0.29) is 29.0 Å². The zero-order valence-electron chi connectivity index (χ0n) is 23.0. The number of ether oxygens (including phenoxy) is 2. The van der Waals surface area contributed by atoms with Crippen molar-refractivity contribution in [2.24, 2.45) is 16.8 Å². The smallest absolute Gasteiger partial charge is 0.437 e. The van der Waals surface area contributed by atoms with Gasteiger partial charge in [0.2, 0.25) is 5.96 Å². The first-order valence-corrected chi connectivity index (χ1v) is 12.7. The standard InChI is InChI=1S/C26H34FN7O5/c1-25(2,3)38-23(36)30-22(31-24(37)39-26(4,5)6)33-14-16-12-32(13-17(16)15-33)21(35)20-18(27)8-7-9-19(20)34-28-10-11-29-34/h7-11,16-17H,12-15H2,1-6H3,(H,30,31,36,37). The normalized spacial score (nSPS) is 19.6. The zero-order valence-corrected chi connectivity index (χ0v) is 23.0. The van der Waals surface area contributed by atoms with Gasteiger partial charge in [-0.05, 0) is 53.7 Å². The molecule has 0 aliphatic carbocycles. The van der Waals surface area contributed by atoms with Gasteiger partial charge in [0.1, 0.15) is 28.3 Å². The Morgan fingerprint density at radius 1 is 0.923 bits per heavy atom. The number of halogens is 1. The average Bonchev–Trinajstić information content (AvgIpc) is 3.52. The van der Waals surface area contributed by atoms with Gasteiger partial charge in [-0.1, -0.05) is 6.07 Å². The molecule has 39 heavy (non-hydrogen) atoms. The van der Waals surface area contributed by atoms with E-state index in [9.17, 15) is 18.8 Å². The third kappa shape index (κ3) is 6.89. The van der Waals surface area contributed by atoms with Crippen molar-refractivity contribution >= 4 is 24.1 Å². The highest BCUT2D eigenvalue weighted by Gasteiger charge is 2.44. The SMILES string of the molecule is CC(C)(C)OC(=O)N=C(NC(=O)OC(C)(C)C)N1CC2CN(C(=O)c3c(F)cccc3-n3nccn3)CC2C1. The highest BCUT2D eigenvalue weighted by atomic mass is 19.1. The van der Waals surface area contributed by atoms with Crippen LogP contribution in [0.2, 0.25) is 0 Å². The maximum atomic E-state index is 14.8. The first-order valence-electron chi connectivity index (χ1n) is 12.7. The summed E-state index contributed by atoms with van der Waals surface area (Å²) in [4.78, 5) is 47.0. The van der Waals surface area contributed by atoms with E-state index >= 15 is 0 Å². The van der Waals surface area contributed by atoms with Gasteiger partial charge >= 0.3 is 12.2 Å². The van der Waals surface area contributed by atoms with E-state index in [0.717, 1.165) is 0 Å². The lowest BCUT2D eigenvalue weighted by atomic mass is 10.0. The van der Waals surface area contributed by atoms with Crippen LogP contribution in [0.1, 0.15) is 51.9 Å². The molecule has 1 N–H and O–H groups in total. The van der Waals surface area contributed by atoms with Crippen molar-refractivity contribution < 1.29 is 28.2 Å². The van der Waals surface area contributed by atoms with Gasteiger partial charge in [0.05, 0.1) is 12.4 Å². The highest BCUT2D eigenvalue weighted by molar-refractivity contribution is 5.99. The van der Waals surface area contributed by atoms with E-state index in [2.05, 4.69) is 20.5 Å². The first kappa shape index (κ1) is 28.0. The molecule has 12 nitrogen and oxygen atoms in total. The van der Waals surface area contributed by atoms with Gasteiger partial charge in [0, 0.05) is 38.0 Å². The molecule has 0 spiro atoms. The average molecular weight is 544 g/mol. The second-order valence-electron chi connectivity index (χ2n) is 11.6. The molecule has 2 atom stereocenters. The molecule has 13 heteroatoms. The number of guanidine groups is 1. The second kappa shape index (κ2) is 10.6. The molecule has 2 aliphatic rings. The van der Waals surface area contributed by atoms with Crippen molar-refractivity contribution in [1.29, 1.82) is 0 Å². The van der Waals surface area contributed by atoms with E-state index in [1.54, 1.807) is 57.4 Å². The van der Waals surface area contributed by atoms with Crippen LogP contribution in [0, 0.1) is 17.7 Å². The van der Waals surface area contributed by atoms with Crippen LogP contribution >= 0.6 is 0 Å². The topological polar surface area (TPSA) is 131 Å². The number of fused-ring (bicyclic) bond motifs is 1. The third-order valence-corrected chi connectivity index (χ3v) is 6.12. The molecule has 210 valence electrons. The van der Waals surface area contributed by atoms with Crippen molar-refractivity contribution in [2.45, 2.75) is 52.7 Å². The molecule has 2 saturated heterocycles. The van der Waals surface area contributed by atoms with Gasteiger partial charge in [-0.25, -0.2) is 14.0 Å². The third-order valence-electron chi connectivity index (χ3n) is 6.12. The van der Waals surface area contributed by atoms with Gasteiger partial charge in [0.25, 0.3) is 5.91 Å². The molecule has 4 rings (SSSR count). The number of hydrogen-bond acceptors (Lipinski definition) is 7. The van der Waals surface area contributed by atoms with Crippen LogP contribution in [0.4, 0.5) is 14.0 Å². The summed E-state index contributed by atoms with van der Waals surface area (Å²) in [6, 6.07) is 4.34. The van der Waals surface area contributed by atoms with Crippen LogP contribution in [-0.4, -0.2) is 86.2 Å². The Bertz CT molecular complexity index is 1250. The Balaban J connectivity index is 1.49. The number of nitrogens with zero attached hydrogens (tertiary/aromatic N) is 6. The molecule has 3 heterocycles. The minimum absolute atomic E-state index is 0.0104. The molecule has 2 unspecified atom stereocenters. The van der Waals surface area contributed by atoms with E-state index in [1.807, 2.05) is 0 Å². The lowest BCUT2D eigenvalue weighted by Crippen LogP contribution is -2.47. The lowest BCUT2D eigenvalue weighted by Gasteiger charge is -2.26. The minimum atomic E-state index is -0.846. The molecule has 1 aromatic heterocycles. The second-order valence-corrected chi connectivity index (χ2v) is 11.6. The summed E-state index contributed by atoms with van der Waals surface area (Å²) in [5, 5.41) is 10.7. The fourth-order valence-electron chi connectivity index (χ4n) is 4.67. The fourth-order valence-corrected chi connectivity index (χ4v) is 4.67. The van der Waals surface area contributed by atoms with Gasteiger partial charge in [-0.2, -0.15) is 15.0 Å². The van der Waals surface area contributed by atoms with Crippen LogP contribution < -0.4 is 5.32 Å². The van der Waals surface area contributed by atoms with Crippen LogP contribution in [-0.2, 0) is 9.47 Å². The zero-order chi connectivity index (χ0) is 28.5. The lowest BCUT2D eigenvalue weighted by molar-refractivity contribution is 0.0555. The molecule has 1 aromatic carbocycles. The number of hydrogen-bond donors (Lipinski definition) is 1. The molecule has 2 aromatic rings. The van der Waals surface area contributed by atoms with Crippen molar-refractivity contribution in [3.05, 3.63) is 42.0 Å². The number of aromatic nitrogens is 3. The number of aliphatic imine (C=N–C) groups is 1. The number of amides is 3. The Labute approximate surface area is 226 Å². The number of carbonyl (C=O) groups excluding carboxylic acids is 3. The molecule has 0 saturated carbocycles. The number of nitrogens with one attached hydrogen (secondary N) is 1. The predicted octanol–water partition coefficient (Wildman–Crippen LogP) is 3.23. The number of rotatable bonds is 2. The van der Waals surface area contributed by atoms with Crippen LogP contribution in [0.15, 0.2) is 35.6 Å². The molecular weight excluding hydrogens is 509 g/mol. The maximum Gasteiger partial charge on any atom is 0.437 e. The molecule has 3 amide bonds. The van der Waals surface area contributed by atoms with Gasteiger partial charge in [-0.3, -0.25) is 10.1 Å². The number of benzene rings is 1. The van der Waals surface area contributed by atoms with E-state index in [4.69, 9.17) is 9.47 Å². The summed E-state index contributed by atoms with van der Waals surface area (Å²) in [5.74, 6) is -1.06. The number of carbonyl (C=O) groups is 3. The summed E-state index contributed by atoms with van der Waals surface area (Å²) in [6.45, 7) is 11.9. The Kier molecular flexibility index (Phi) is 7.62. The number of alkyl carbamates (subject to hydrolysis) is 1. The Morgan fingerprint density at radius 3 is 2.05 bits per heavy atom. The predicted molar refractivity (Wildman–Crippen MR) is 139 cm³/mol. The molecule has 2 aliphatic heterocycles. The van der Waals surface area contributed by atoms with Crippen molar-refractivity contribution in [3.8, 4) is 5.69 Å². The van der Waals surface area contributed by atoms with E-state index < -0.39 is 35.1 Å². The van der Waals surface area contributed by atoms with Gasteiger partial charge < -0.3 is 19.3 Å². The molecule has 2 fully saturated rings. The fraction of sp³-hybridized carbons (Fsp3) is 0.538. The minimum Gasteiger partial charge on any atom is -0.444 e. The van der Waals surface area contributed by atoms with E-state index in [1.165, 1.54) is 29.3 Å². The highest BCUT2D eigenvalue weighted by Crippen LogP contribution is 2.33. The summed E-state index contributed by atoms with van der Waals surface area (Å²) in [7, 11) is 0. The summed E-state index contributed by atoms with van der Waals surface area (Å²) in [5.41, 5.74) is -1.35. The molecular formula is C26H34FN7O5. The van der Waals surface area contributed by atoms with Gasteiger partial charge in [0.15, 0.2) is 0 Å². The summed E-state index contributed by atoms with van der Waals surface area (Å²) in [6.07, 6.45) is 1.31. The summed E-state index contributed by atoms with van der Waals surface area (Å²) < 4.78 is 25.5. The Hall–Kier alpha value is -4.03. The Morgan fingerprint density at radius 2 is 1.49 bits per heavy atom. The van der Waals surface area contributed by atoms with Crippen LogP contribution in [0.25, 0.3) is 5.69 Å². The van der Waals surface area contributed by atoms with Crippen LogP contribution in [0.5, 0.6) is 0 Å². The van der Waals surface area contributed by atoms with Crippen LogP contribution in [0.3, 0.4) is 0 Å². The maximum absolute atomic E-state index is 14.8. The largest absolute Gasteiger partial charge is 0.444 e. The van der Waals surface area contributed by atoms with Gasteiger partial charge in [-0.15, -0.1) is 4.99 Å². The van der Waals surface area contributed by atoms with Crippen molar-refractivity contribution in [1.82, 2.24) is 30.1 Å². The quantitative estimate of drug-likeness (QED) is 0.451. The monoisotopic (exact) mass is 543 g/mol. The summed E-state index contributed by atoms with van der Waals surface area (Å²) >= 11 is 0. The van der Waals surface area contributed by atoms with E-state index in [0.29, 0.717) is 26.2 Å². The first-order chi connectivity index (χ1) is 18.2. The molecule has 0 bridgehead atoms. The van der Waals surface area contributed by atoms with Crippen molar-refractivity contribution in [3.63, 3.8) is 0 Å². The molecule has 0 radical (unpaired) electrons. The van der Waals surface area contributed by atoms with Crippen molar-refractivity contribution in [2.75, 3.05) is 26.2 Å². The number of likely N-dealkylation sites (tertiary alicyclic amines) is 2.